The van der Waals surface area contributed by atoms with Gasteiger partial charge >= 0.3 is 0 Å². The summed E-state index contributed by atoms with van der Waals surface area (Å²) in [5.41, 5.74) is 1.21. The van der Waals surface area contributed by atoms with Gasteiger partial charge in [0, 0.05) is 21.2 Å². The number of hydrogen-bond donors (Lipinski definition) is 0. The second-order valence-corrected chi connectivity index (χ2v) is 4.88. The summed E-state index contributed by atoms with van der Waals surface area (Å²) in [7, 11) is 1.58. The van der Waals surface area contributed by atoms with Crippen molar-refractivity contribution in [2.45, 2.75) is 0 Å². The van der Waals surface area contributed by atoms with E-state index in [2.05, 4.69) is 0 Å². The molecule has 102 valence electrons. The van der Waals surface area contributed by atoms with E-state index in [1.807, 2.05) is 0 Å². The number of methoxy groups -OCH3 is 1. The van der Waals surface area contributed by atoms with E-state index < -0.39 is 0 Å². The van der Waals surface area contributed by atoms with Crippen LogP contribution in [0.4, 0.5) is 0 Å². The average molecular weight is 307 g/mol. The zero-order chi connectivity index (χ0) is 14.5. The molecule has 0 N–H and O–H groups in total. The first-order valence-corrected chi connectivity index (χ1v) is 6.68. The fourth-order valence-corrected chi connectivity index (χ4v) is 2.20. The smallest absolute Gasteiger partial charge is 0.185 e. The van der Waals surface area contributed by atoms with Crippen LogP contribution < -0.4 is 4.74 Å². The molecule has 2 rings (SSSR count). The van der Waals surface area contributed by atoms with Gasteiger partial charge in [0.05, 0.1) is 7.11 Å². The number of hydrogen-bond acceptors (Lipinski definition) is 2. The summed E-state index contributed by atoms with van der Waals surface area (Å²) in [5.74, 6) is 0.586. The molecule has 2 aromatic carbocycles. The van der Waals surface area contributed by atoms with Gasteiger partial charge in [-0.3, -0.25) is 4.79 Å². The maximum Gasteiger partial charge on any atom is 0.185 e. The quantitative estimate of drug-likeness (QED) is 0.593. The molecule has 0 spiro atoms. The Balaban J connectivity index is 2.20. The van der Waals surface area contributed by atoms with Crippen LogP contribution in [-0.2, 0) is 0 Å². The molecule has 0 aliphatic carbocycles. The minimum absolute atomic E-state index is 0.122. The molecule has 0 saturated heterocycles. The Bertz CT molecular complexity index is 626. The maximum absolute atomic E-state index is 12.0. The van der Waals surface area contributed by atoms with Crippen LogP contribution in [-0.4, -0.2) is 12.9 Å². The summed E-state index contributed by atoms with van der Waals surface area (Å²) in [6.07, 6.45) is 3.08. The van der Waals surface area contributed by atoms with Crippen molar-refractivity contribution in [3.63, 3.8) is 0 Å². The Labute approximate surface area is 127 Å². The summed E-state index contributed by atoms with van der Waals surface area (Å²) in [4.78, 5) is 12.0. The highest BCUT2D eigenvalue weighted by atomic mass is 35.5. The van der Waals surface area contributed by atoms with Gasteiger partial charge < -0.3 is 4.74 Å². The summed E-state index contributed by atoms with van der Waals surface area (Å²) in [5, 5.41) is 1.02. The third kappa shape index (κ3) is 3.41. The fourth-order valence-electron chi connectivity index (χ4n) is 1.68. The topological polar surface area (TPSA) is 26.3 Å². The Morgan fingerprint density at radius 1 is 1.05 bits per heavy atom. The molecule has 0 radical (unpaired) electrons. The van der Waals surface area contributed by atoms with Gasteiger partial charge in [0.1, 0.15) is 5.75 Å². The Morgan fingerprint density at radius 3 is 2.20 bits per heavy atom. The van der Waals surface area contributed by atoms with E-state index >= 15 is 0 Å². The molecule has 2 nitrogen and oxygen atoms in total. The number of benzene rings is 2. The number of ketones is 1. The zero-order valence-corrected chi connectivity index (χ0v) is 12.3. The minimum atomic E-state index is -0.122. The van der Waals surface area contributed by atoms with E-state index in [4.69, 9.17) is 27.9 Å². The van der Waals surface area contributed by atoms with Crippen LogP contribution in [0.2, 0.25) is 10.0 Å². The second-order valence-electron chi connectivity index (χ2n) is 4.06. The molecule has 0 aromatic heterocycles. The number of allylic oxidation sites excluding steroid dienone is 1. The maximum atomic E-state index is 12.0. The van der Waals surface area contributed by atoms with Gasteiger partial charge in [0.15, 0.2) is 5.78 Å². The third-order valence-electron chi connectivity index (χ3n) is 2.78. The van der Waals surface area contributed by atoms with Gasteiger partial charge in [0.25, 0.3) is 0 Å². The van der Waals surface area contributed by atoms with Crippen molar-refractivity contribution in [2.24, 2.45) is 0 Å². The molecule has 0 bridgehead atoms. The lowest BCUT2D eigenvalue weighted by Crippen LogP contribution is -1.94. The zero-order valence-electron chi connectivity index (χ0n) is 10.8. The normalized spacial score (nSPS) is 10.8. The van der Waals surface area contributed by atoms with E-state index in [-0.39, 0.29) is 5.78 Å². The highest BCUT2D eigenvalue weighted by molar-refractivity contribution is 6.37. The number of halogens is 2. The van der Waals surface area contributed by atoms with E-state index in [0.29, 0.717) is 26.9 Å². The predicted octanol–water partition coefficient (Wildman–Crippen LogP) is 4.90. The lowest BCUT2D eigenvalue weighted by Gasteiger charge is -2.02. The first-order chi connectivity index (χ1) is 9.61. The molecule has 0 aliphatic heterocycles. The summed E-state index contributed by atoms with van der Waals surface area (Å²) in [6.45, 7) is 0. The summed E-state index contributed by atoms with van der Waals surface area (Å²) >= 11 is 12.1. The van der Waals surface area contributed by atoms with Crippen LogP contribution in [0, 0.1) is 0 Å². The first-order valence-electron chi connectivity index (χ1n) is 5.92. The molecule has 0 heterocycles. The molecular formula is C16H12Cl2O2. The van der Waals surface area contributed by atoms with Crippen LogP contribution in [0.3, 0.4) is 0 Å². The minimum Gasteiger partial charge on any atom is -0.497 e. The van der Waals surface area contributed by atoms with Crippen molar-refractivity contribution >= 4 is 35.1 Å². The van der Waals surface area contributed by atoms with Crippen molar-refractivity contribution in [1.82, 2.24) is 0 Å². The van der Waals surface area contributed by atoms with Crippen molar-refractivity contribution < 1.29 is 9.53 Å². The van der Waals surface area contributed by atoms with Crippen LogP contribution in [0.1, 0.15) is 15.9 Å². The summed E-state index contributed by atoms with van der Waals surface area (Å²) in [6, 6.07) is 12.1. The number of carbonyl (C=O) groups excluding carboxylic acids is 1. The Morgan fingerprint density at radius 2 is 1.65 bits per heavy atom. The highest BCUT2D eigenvalue weighted by Gasteiger charge is 2.05. The molecule has 0 aliphatic rings. The second kappa shape index (κ2) is 6.60. The van der Waals surface area contributed by atoms with E-state index in [0.717, 1.165) is 0 Å². The molecule has 0 atom stereocenters. The van der Waals surface area contributed by atoms with Gasteiger partial charge in [-0.05, 0) is 48.6 Å². The van der Waals surface area contributed by atoms with Crippen molar-refractivity contribution in [1.29, 1.82) is 0 Å². The lowest BCUT2D eigenvalue weighted by molar-refractivity contribution is 0.104. The highest BCUT2D eigenvalue weighted by Crippen LogP contribution is 2.25. The lowest BCUT2D eigenvalue weighted by atomic mass is 10.1. The molecule has 0 saturated carbocycles. The predicted molar refractivity (Wildman–Crippen MR) is 82.8 cm³/mol. The largest absolute Gasteiger partial charge is 0.497 e. The fraction of sp³-hybridized carbons (Fsp3) is 0.0625. The molecular weight excluding hydrogens is 295 g/mol. The van der Waals surface area contributed by atoms with Crippen LogP contribution in [0.15, 0.2) is 48.5 Å². The first kappa shape index (κ1) is 14.6. The monoisotopic (exact) mass is 306 g/mol. The molecule has 0 amide bonds. The average Bonchev–Trinajstić information content (AvgIpc) is 2.46. The van der Waals surface area contributed by atoms with E-state index in [9.17, 15) is 4.79 Å². The van der Waals surface area contributed by atoms with Gasteiger partial charge in [-0.15, -0.1) is 0 Å². The van der Waals surface area contributed by atoms with Crippen molar-refractivity contribution in [3.8, 4) is 5.75 Å². The van der Waals surface area contributed by atoms with Gasteiger partial charge in [-0.25, -0.2) is 0 Å². The van der Waals surface area contributed by atoms with E-state index in [1.165, 1.54) is 6.08 Å². The molecule has 20 heavy (non-hydrogen) atoms. The van der Waals surface area contributed by atoms with E-state index in [1.54, 1.807) is 55.7 Å². The number of ether oxygens (including phenoxy) is 1. The molecule has 4 heteroatoms. The standard InChI is InChI=1S/C16H12Cl2O2/c1-20-12-7-5-11(6-8-12)16(19)10-9-13-14(17)3-2-4-15(13)18/h2-10H,1H3/b10-9+. The number of carbonyl (C=O) groups is 1. The SMILES string of the molecule is COc1ccc(C(=O)/C=C/c2c(Cl)cccc2Cl)cc1. The third-order valence-corrected chi connectivity index (χ3v) is 3.43. The molecule has 2 aromatic rings. The van der Waals surface area contributed by atoms with Crippen LogP contribution in [0.25, 0.3) is 6.08 Å². The molecule has 0 fully saturated rings. The van der Waals surface area contributed by atoms with Crippen molar-refractivity contribution in [2.75, 3.05) is 7.11 Å². The van der Waals surface area contributed by atoms with Gasteiger partial charge in [-0.2, -0.15) is 0 Å². The van der Waals surface area contributed by atoms with Crippen molar-refractivity contribution in [3.05, 3.63) is 69.7 Å². The Kier molecular flexibility index (Phi) is 4.83. The molecule has 0 unspecified atom stereocenters. The van der Waals surface area contributed by atoms with Crippen LogP contribution in [0.5, 0.6) is 5.75 Å². The summed E-state index contributed by atoms with van der Waals surface area (Å²) < 4.78 is 5.05. The van der Waals surface area contributed by atoms with Crippen LogP contribution >= 0.6 is 23.2 Å². The number of rotatable bonds is 4. The van der Waals surface area contributed by atoms with Gasteiger partial charge in [0.2, 0.25) is 0 Å². The van der Waals surface area contributed by atoms with Gasteiger partial charge in [-0.1, -0.05) is 29.3 Å². The Hall–Kier alpha value is -1.77.